The Labute approximate surface area is 176 Å². The smallest absolute Gasteiger partial charge is 0.295 e. The van der Waals surface area contributed by atoms with Crippen molar-refractivity contribution in [3.05, 3.63) is 65.2 Å². The van der Waals surface area contributed by atoms with Crippen LogP contribution in [0.4, 0.5) is 0 Å². The fourth-order valence-electron chi connectivity index (χ4n) is 3.78. The van der Waals surface area contributed by atoms with Crippen molar-refractivity contribution in [2.24, 2.45) is 0 Å². The molecule has 30 heavy (non-hydrogen) atoms. The van der Waals surface area contributed by atoms with Crippen LogP contribution in [0.2, 0.25) is 0 Å². The van der Waals surface area contributed by atoms with Gasteiger partial charge in [-0.1, -0.05) is 62.6 Å². The minimum atomic E-state index is -0.749. The van der Waals surface area contributed by atoms with E-state index in [-0.39, 0.29) is 22.8 Å². The van der Waals surface area contributed by atoms with Gasteiger partial charge in [-0.15, -0.1) is 0 Å². The van der Waals surface area contributed by atoms with Crippen molar-refractivity contribution >= 4 is 17.4 Å². The lowest BCUT2D eigenvalue weighted by molar-refractivity contribution is -0.139. The van der Waals surface area contributed by atoms with Crippen molar-refractivity contribution in [1.82, 2.24) is 4.90 Å². The van der Waals surface area contributed by atoms with Crippen LogP contribution in [-0.2, 0) is 9.59 Å². The Morgan fingerprint density at radius 3 is 2.47 bits per heavy atom. The topological polar surface area (TPSA) is 87.1 Å². The number of hydrogen-bond acceptors (Lipinski definition) is 5. The van der Waals surface area contributed by atoms with E-state index in [9.17, 15) is 19.8 Å². The van der Waals surface area contributed by atoms with E-state index in [2.05, 4.69) is 6.92 Å². The Morgan fingerprint density at radius 1 is 1.07 bits per heavy atom. The zero-order valence-corrected chi connectivity index (χ0v) is 17.3. The highest BCUT2D eigenvalue weighted by Crippen LogP contribution is 2.41. The summed E-state index contributed by atoms with van der Waals surface area (Å²) in [5.41, 5.74) is 1.11. The van der Waals surface area contributed by atoms with E-state index >= 15 is 0 Å². The monoisotopic (exact) mass is 409 g/mol. The van der Waals surface area contributed by atoms with Crippen LogP contribution in [0.15, 0.2) is 54.1 Å². The second-order valence-corrected chi connectivity index (χ2v) is 7.35. The molecule has 1 saturated heterocycles. The van der Waals surface area contributed by atoms with Gasteiger partial charge in [0, 0.05) is 12.1 Å². The van der Waals surface area contributed by atoms with Crippen molar-refractivity contribution in [2.45, 2.75) is 38.6 Å². The van der Waals surface area contributed by atoms with E-state index < -0.39 is 17.7 Å². The fraction of sp³-hybridized carbons (Fsp3) is 0.333. The summed E-state index contributed by atoms with van der Waals surface area (Å²) in [4.78, 5) is 27.3. The Hall–Kier alpha value is -3.28. The second kappa shape index (κ2) is 9.48. The van der Waals surface area contributed by atoms with Crippen LogP contribution in [0.3, 0.4) is 0 Å². The molecule has 0 bridgehead atoms. The van der Waals surface area contributed by atoms with Gasteiger partial charge in [0.1, 0.15) is 5.76 Å². The number of carbonyl (C=O) groups excluding carboxylic acids is 2. The number of nitrogens with zero attached hydrogens (tertiary/aromatic N) is 1. The molecule has 1 atom stereocenters. The molecule has 0 aromatic heterocycles. The molecule has 2 aromatic carbocycles. The number of hydrogen-bond donors (Lipinski definition) is 2. The number of ether oxygens (including phenoxy) is 1. The molecule has 2 aromatic rings. The maximum Gasteiger partial charge on any atom is 0.295 e. The molecule has 0 unspecified atom stereocenters. The summed E-state index contributed by atoms with van der Waals surface area (Å²) < 4.78 is 5.21. The van der Waals surface area contributed by atoms with Gasteiger partial charge in [0.25, 0.3) is 11.7 Å². The molecule has 2 N–H and O–H groups in total. The summed E-state index contributed by atoms with van der Waals surface area (Å²) in [6, 6.07) is 12.7. The summed E-state index contributed by atoms with van der Waals surface area (Å²) in [5, 5.41) is 20.9. The van der Waals surface area contributed by atoms with E-state index in [4.69, 9.17) is 4.74 Å². The largest absolute Gasteiger partial charge is 0.507 e. The van der Waals surface area contributed by atoms with Crippen molar-refractivity contribution in [1.29, 1.82) is 0 Å². The van der Waals surface area contributed by atoms with Gasteiger partial charge in [-0.25, -0.2) is 0 Å². The summed E-state index contributed by atoms with van der Waals surface area (Å²) in [6.45, 7) is 2.51. The number of rotatable bonds is 8. The number of benzene rings is 2. The van der Waals surface area contributed by atoms with Crippen molar-refractivity contribution < 1.29 is 24.5 Å². The summed E-state index contributed by atoms with van der Waals surface area (Å²) in [7, 11) is 1.44. The number of aliphatic hydroxyl groups is 1. The van der Waals surface area contributed by atoms with Gasteiger partial charge in [-0.3, -0.25) is 9.59 Å². The lowest BCUT2D eigenvalue weighted by Gasteiger charge is -2.25. The lowest BCUT2D eigenvalue weighted by Crippen LogP contribution is -2.30. The third-order valence-electron chi connectivity index (χ3n) is 5.36. The van der Waals surface area contributed by atoms with E-state index in [0.717, 1.165) is 25.7 Å². The first-order valence-electron chi connectivity index (χ1n) is 10.2. The number of likely N-dealkylation sites (tertiary alicyclic amines) is 1. The standard InChI is InChI=1S/C24H27NO5/c1-3-4-5-9-14-25-21(17-12-13-18(26)19(15-17)30-2)20(23(28)24(25)29)22(27)16-10-7-6-8-11-16/h6-8,10-13,15,21,26-27H,3-5,9,14H2,1-2H3/t21-/m0/s1. The number of amides is 1. The van der Waals surface area contributed by atoms with Gasteiger partial charge in [0.05, 0.1) is 18.7 Å². The maximum absolute atomic E-state index is 12.9. The predicted molar refractivity (Wildman–Crippen MR) is 114 cm³/mol. The lowest BCUT2D eigenvalue weighted by atomic mass is 9.95. The summed E-state index contributed by atoms with van der Waals surface area (Å²) >= 11 is 0. The number of carbonyl (C=O) groups is 2. The van der Waals surface area contributed by atoms with Gasteiger partial charge in [0.15, 0.2) is 11.5 Å². The quantitative estimate of drug-likeness (QED) is 0.292. The minimum absolute atomic E-state index is 0.0378. The number of ketones is 1. The molecule has 158 valence electrons. The molecular formula is C24H27NO5. The number of methoxy groups -OCH3 is 1. The molecule has 1 aliphatic rings. The number of aliphatic hydroxyl groups excluding tert-OH is 1. The number of aromatic hydroxyl groups is 1. The van der Waals surface area contributed by atoms with Crippen LogP contribution >= 0.6 is 0 Å². The maximum atomic E-state index is 12.9. The molecule has 6 nitrogen and oxygen atoms in total. The molecular weight excluding hydrogens is 382 g/mol. The zero-order valence-electron chi connectivity index (χ0n) is 17.3. The van der Waals surface area contributed by atoms with E-state index in [0.29, 0.717) is 17.7 Å². The van der Waals surface area contributed by atoms with Crippen LogP contribution in [0.25, 0.3) is 5.76 Å². The van der Waals surface area contributed by atoms with Gasteiger partial charge in [0.2, 0.25) is 0 Å². The van der Waals surface area contributed by atoms with Gasteiger partial charge in [-0.2, -0.15) is 0 Å². The van der Waals surface area contributed by atoms with Gasteiger partial charge < -0.3 is 19.8 Å². The highest BCUT2D eigenvalue weighted by molar-refractivity contribution is 6.46. The molecule has 0 radical (unpaired) electrons. The Balaban J connectivity index is 2.10. The van der Waals surface area contributed by atoms with E-state index in [1.54, 1.807) is 36.4 Å². The number of Topliss-reactive ketones (excluding diaryl/α,β-unsaturated/α-hetero) is 1. The molecule has 0 aliphatic carbocycles. The average Bonchev–Trinajstić information content (AvgIpc) is 3.02. The number of phenols is 1. The average molecular weight is 409 g/mol. The molecule has 0 spiro atoms. The Bertz CT molecular complexity index is 951. The first kappa shape index (κ1) is 21.4. The Kier molecular flexibility index (Phi) is 6.77. The first-order chi connectivity index (χ1) is 14.5. The fourth-order valence-corrected chi connectivity index (χ4v) is 3.78. The molecule has 3 rings (SSSR count). The van der Waals surface area contributed by atoms with Gasteiger partial charge in [-0.05, 0) is 24.1 Å². The highest BCUT2D eigenvalue weighted by atomic mass is 16.5. The van der Waals surface area contributed by atoms with Crippen molar-refractivity contribution in [2.75, 3.05) is 13.7 Å². The number of unbranched alkanes of at least 4 members (excludes halogenated alkanes) is 3. The normalized spacial score (nSPS) is 18.1. The molecule has 1 aliphatic heterocycles. The van der Waals surface area contributed by atoms with Crippen LogP contribution < -0.4 is 4.74 Å². The van der Waals surface area contributed by atoms with Gasteiger partial charge >= 0.3 is 0 Å². The first-order valence-corrected chi connectivity index (χ1v) is 10.2. The molecule has 1 heterocycles. The summed E-state index contributed by atoms with van der Waals surface area (Å²) in [5.74, 6) is -1.33. The summed E-state index contributed by atoms with van der Waals surface area (Å²) in [6.07, 6.45) is 3.82. The van der Waals surface area contributed by atoms with E-state index in [1.165, 1.54) is 18.1 Å². The van der Waals surface area contributed by atoms with Crippen LogP contribution in [-0.4, -0.2) is 40.5 Å². The molecule has 1 fully saturated rings. The highest BCUT2D eigenvalue weighted by Gasteiger charge is 2.45. The predicted octanol–water partition coefficient (Wildman–Crippen LogP) is 4.40. The van der Waals surface area contributed by atoms with Crippen molar-refractivity contribution in [3.63, 3.8) is 0 Å². The SMILES string of the molecule is CCCCCCN1C(=O)C(=O)C(=C(O)c2ccccc2)[C@@H]1c1ccc(O)c(OC)c1. The zero-order chi connectivity index (χ0) is 21.7. The van der Waals surface area contributed by atoms with Crippen molar-refractivity contribution in [3.8, 4) is 11.5 Å². The Morgan fingerprint density at radius 2 is 1.80 bits per heavy atom. The van der Waals surface area contributed by atoms with Crippen LogP contribution in [0, 0.1) is 0 Å². The molecule has 1 amide bonds. The second-order valence-electron chi connectivity index (χ2n) is 7.35. The van der Waals surface area contributed by atoms with Crippen LogP contribution in [0.1, 0.15) is 49.8 Å². The van der Waals surface area contributed by atoms with E-state index in [1.807, 2.05) is 6.07 Å². The molecule has 6 heteroatoms. The third-order valence-corrected chi connectivity index (χ3v) is 5.36. The third kappa shape index (κ3) is 4.17. The molecule has 0 saturated carbocycles. The minimum Gasteiger partial charge on any atom is -0.507 e. The van der Waals surface area contributed by atoms with Crippen LogP contribution in [0.5, 0.6) is 11.5 Å². The number of phenolic OH excluding ortho intramolecular Hbond substituents is 1.